The molecule has 1 unspecified atom stereocenters. The van der Waals surface area contributed by atoms with Crippen molar-refractivity contribution in [3.63, 3.8) is 0 Å². The monoisotopic (exact) mass is 273 g/mol. The van der Waals surface area contributed by atoms with Crippen molar-refractivity contribution in [3.05, 3.63) is 29.8 Å². The average molecular weight is 273 g/mol. The van der Waals surface area contributed by atoms with Crippen LogP contribution < -0.4 is 10.7 Å². The Bertz CT molecular complexity index is 496. The van der Waals surface area contributed by atoms with E-state index >= 15 is 0 Å². The fourth-order valence-corrected chi connectivity index (χ4v) is 2.49. The standard InChI is InChI=1S/C16H23N3O/c1-12-6-5-8-14(10-12)18-19-16(20)11-17-15-9-4-3-7-13(15)2/h3-4,7,9,12,17H,5-6,8,10-11H2,1-2H3,(H,19,20)/b18-14-. The van der Waals surface area contributed by atoms with Gasteiger partial charge in [0.1, 0.15) is 0 Å². The van der Waals surface area contributed by atoms with E-state index in [9.17, 15) is 4.79 Å². The molecule has 0 aromatic heterocycles. The van der Waals surface area contributed by atoms with E-state index in [4.69, 9.17) is 0 Å². The number of carbonyl (C=O) groups excluding carboxylic acids is 1. The first-order valence-electron chi connectivity index (χ1n) is 7.29. The summed E-state index contributed by atoms with van der Waals surface area (Å²) in [5, 5.41) is 7.37. The third kappa shape index (κ3) is 4.37. The smallest absolute Gasteiger partial charge is 0.259 e. The number of carbonyl (C=O) groups is 1. The lowest BCUT2D eigenvalue weighted by Crippen LogP contribution is -2.28. The minimum Gasteiger partial charge on any atom is -0.376 e. The summed E-state index contributed by atoms with van der Waals surface area (Å²) in [5.41, 5.74) is 5.89. The molecule has 108 valence electrons. The zero-order valence-corrected chi connectivity index (χ0v) is 12.3. The number of nitrogens with one attached hydrogen (secondary N) is 2. The van der Waals surface area contributed by atoms with Crippen LogP contribution in [-0.2, 0) is 4.79 Å². The molecule has 2 N–H and O–H groups in total. The zero-order chi connectivity index (χ0) is 14.4. The average Bonchev–Trinajstić information content (AvgIpc) is 2.44. The van der Waals surface area contributed by atoms with Gasteiger partial charge in [-0.2, -0.15) is 5.10 Å². The highest BCUT2D eigenvalue weighted by Crippen LogP contribution is 2.20. The lowest BCUT2D eigenvalue weighted by Gasteiger charge is -2.19. The van der Waals surface area contributed by atoms with Gasteiger partial charge >= 0.3 is 0 Å². The third-order valence-corrected chi connectivity index (χ3v) is 3.67. The molecule has 1 aliphatic carbocycles. The molecule has 0 bridgehead atoms. The van der Waals surface area contributed by atoms with Gasteiger partial charge in [0.25, 0.3) is 5.91 Å². The number of aryl methyl sites for hydroxylation is 1. The van der Waals surface area contributed by atoms with Gasteiger partial charge in [-0.1, -0.05) is 25.1 Å². The number of hydrogen-bond acceptors (Lipinski definition) is 3. The van der Waals surface area contributed by atoms with Gasteiger partial charge in [-0.3, -0.25) is 4.79 Å². The highest BCUT2D eigenvalue weighted by molar-refractivity contribution is 5.88. The molecule has 1 amide bonds. The molecule has 1 fully saturated rings. The maximum atomic E-state index is 11.8. The van der Waals surface area contributed by atoms with Crippen LogP contribution in [0.1, 0.15) is 38.2 Å². The number of nitrogens with zero attached hydrogens (tertiary/aromatic N) is 1. The SMILES string of the molecule is Cc1ccccc1NCC(=O)N/N=C1/CCCC(C)C1. The highest BCUT2D eigenvalue weighted by Gasteiger charge is 2.14. The molecule has 1 atom stereocenters. The Morgan fingerprint density at radius 1 is 1.40 bits per heavy atom. The molecule has 0 aliphatic heterocycles. The molecule has 1 aromatic rings. The van der Waals surface area contributed by atoms with Crippen LogP contribution in [0.4, 0.5) is 5.69 Å². The fraction of sp³-hybridized carbons (Fsp3) is 0.500. The Kier molecular flexibility index (Phi) is 5.16. The van der Waals surface area contributed by atoms with E-state index in [-0.39, 0.29) is 12.5 Å². The molecule has 0 heterocycles. The van der Waals surface area contributed by atoms with Gasteiger partial charge in [0.2, 0.25) is 0 Å². The summed E-state index contributed by atoms with van der Waals surface area (Å²) < 4.78 is 0. The maximum absolute atomic E-state index is 11.8. The summed E-state index contributed by atoms with van der Waals surface area (Å²) in [6, 6.07) is 7.93. The summed E-state index contributed by atoms with van der Waals surface area (Å²) in [5.74, 6) is 0.587. The number of hydrogen-bond donors (Lipinski definition) is 2. The van der Waals surface area contributed by atoms with Crippen molar-refractivity contribution in [2.75, 3.05) is 11.9 Å². The summed E-state index contributed by atoms with van der Waals surface area (Å²) in [6.07, 6.45) is 4.46. The second-order valence-corrected chi connectivity index (χ2v) is 5.58. The minimum absolute atomic E-state index is 0.0982. The normalized spacial score (nSPS) is 20.7. The van der Waals surface area contributed by atoms with Crippen LogP contribution in [0.5, 0.6) is 0 Å². The molecule has 1 aromatic carbocycles. The molecule has 20 heavy (non-hydrogen) atoms. The fourth-order valence-electron chi connectivity index (χ4n) is 2.49. The summed E-state index contributed by atoms with van der Waals surface area (Å²) in [4.78, 5) is 11.8. The first-order valence-corrected chi connectivity index (χ1v) is 7.29. The number of amides is 1. The van der Waals surface area contributed by atoms with E-state index in [1.54, 1.807) is 0 Å². The van der Waals surface area contributed by atoms with Crippen molar-refractivity contribution in [2.45, 2.75) is 39.5 Å². The van der Waals surface area contributed by atoms with E-state index in [0.717, 1.165) is 29.8 Å². The molecule has 0 radical (unpaired) electrons. The molecule has 0 saturated heterocycles. The van der Waals surface area contributed by atoms with Crippen molar-refractivity contribution in [3.8, 4) is 0 Å². The molecule has 2 rings (SSSR count). The Morgan fingerprint density at radius 2 is 2.20 bits per heavy atom. The predicted molar refractivity (Wildman–Crippen MR) is 82.9 cm³/mol. The number of rotatable bonds is 4. The summed E-state index contributed by atoms with van der Waals surface area (Å²) in [6.45, 7) is 4.50. The van der Waals surface area contributed by atoms with Gasteiger partial charge in [-0.15, -0.1) is 0 Å². The number of para-hydroxylation sites is 1. The lowest BCUT2D eigenvalue weighted by molar-refractivity contribution is -0.119. The Labute approximate surface area is 120 Å². The highest BCUT2D eigenvalue weighted by atomic mass is 16.2. The van der Waals surface area contributed by atoms with Crippen molar-refractivity contribution in [2.24, 2.45) is 11.0 Å². The van der Waals surface area contributed by atoms with Crippen LogP contribution in [-0.4, -0.2) is 18.2 Å². The van der Waals surface area contributed by atoms with E-state index in [2.05, 4.69) is 22.8 Å². The Hall–Kier alpha value is -1.84. The van der Waals surface area contributed by atoms with E-state index in [1.807, 2.05) is 31.2 Å². The van der Waals surface area contributed by atoms with E-state index < -0.39 is 0 Å². The van der Waals surface area contributed by atoms with Crippen LogP contribution in [0.15, 0.2) is 29.4 Å². The molecule has 4 nitrogen and oxygen atoms in total. The van der Waals surface area contributed by atoms with Gasteiger partial charge < -0.3 is 5.32 Å². The molecule has 1 saturated carbocycles. The van der Waals surface area contributed by atoms with E-state index in [0.29, 0.717) is 5.92 Å². The van der Waals surface area contributed by atoms with Crippen molar-refractivity contribution >= 4 is 17.3 Å². The molecule has 1 aliphatic rings. The molecule has 0 spiro atoms. The zero-order valence-electron chi connectivity index (χ0n) is 12.3. The van der Waals surface area contributed by atoms with Crippen LogP contribution in [0.2, 0.25) is 0 Å². The number of benzene rings is 1. The summed E-state index contributed by atoms with van der Waals surface area (Å²) >= 11 is 0. The van der Waals surface area contributed by atoms with E-state index in [1.165, 1.54) is 12.8 Å². The van der Waals surface area contributed by atoms with Crippen molar-refractivity contribution < 1.29 is 4.79 Å². The van der Waals surface area contributed by atoms with Gasteiger partial charge in [0, 0.05) is 11.4 Å². The van der Waals surface area contributed by atoms with Gasteiger partial charge in [0.15, 0.2) is 0 Å². The van der Waals surface area contributed by atoms with Gasteiger partial charge in [-0.25, -0.2) is 5.43 Å². The predicted octanol–water partition coefficient (Wildman–Crippen LogP) is 3.09. The van der Waals surface area contributed by atoms with Crippen LogP contribution >= 0.6 is 0 Å². The Morgan fingerprint density at radius 3 is 2.95 bits per heavy atom. The summed E-state index contributed by atoms with van der Waals surface area (Å²) in [7, 11) is 0. The van der Waals surface area contributed by atoms with Crippen molar-refractivity contribution in [1.29, 1.82) is 0 Å². The van der Waals surface area contributed by atoms with Crippen LogP contribution in [0, 0.1) is 12.8 Å². The molecular formula is C16H23N3O. The van der Waals surface area contributed by atoms with Crippen LogP contribution in [0.25, 0.3) is 0 Å². The topological polar surface area (TPSA) is 53.5 Å². The minimum atomic E-state index is -0.0982. The van der Waals surface area contributed by atoms with Crippen LogP contribution in [0.3, 0.4) is 0 Å². The lowest BCUT2D eigenvalue weighted by atomic mass is 9.89. The second kappa shape index (κ2) is 7.08. The maximum Gasteiger partial charge on any atom is 0.259 e. The van der Waals surface area contributed by atoms with Gasteiger partial charge in [0.05, 0.1) is 6.54 Å². The second-order valence-electron chi connectivity index (χ2n) is 5.58. The first kappa shape index (κ1) is 14.6. The first-order chi connectivity index (χ1) is 9.65. The van der Waals surface area contributed by atoms with Crippen molar-refractivity contribution in [1.82, 2.24) is 5.43 Å². The van der Waals surface area contributed by atoms with Gasteiger partial charge in [-0.05, 0) is 50.2 Å². The largest absolute Gasteiger partial charge is 0.376 e. The number of hydrazone groups is 1. The molecular weight excluding hydrogens is 250 g/mol. The Balaban J connectivity index is 1.78. The number of anilines is 1. The molecule has 4 heteroatoms. The quantitative estimate of drug-likeness (QED) is 0.828. The third-order valence-electron chi connectivity index (χ3n) is 3.67.